The molecule has 1 atom stereocenters. The largest absolute Gasteiger partial charge is 0.333 e. The molecular weight excluding hydrogens is 255 g/mol. The van der Waals surface area contributed by atoms with E-state index < -0.39 is 0 Å². The molecule has 1 aromatic rings. The number of carbonyl (C=O) groups is 1. The van der Waals surface area contributed by atoms with Crippen molar-refractivity contribution in [2.75, 3.05) is 6.54 Å². The molecule has 0 spiro atoms. The van der Waals surface area contributed by atoms with Gasteiger partial charge in [-0.25, -0.2) is 9.18 Å². The van der Waals surface area contributed by atoms with E-state index in [-0.39, 0.29) is 23.4 Å². The van der Waals surface area contributed by atoms with E-state index in [2.05, 4.69) is 5.32 Å². The summed E-state index contributed by atoms with van der Waals surface area (Å²) in [6.45, 7) is 6.75. The van der Waals surface area contributed by atoms with Crippen molar-refractivity contribution >= 4 is 6.03 Å². The normalized spacial score (nSPS) is 19.2. The monoisotopic (exact) mass is 278 g/mol. The third-order valence-electron chi connectivity index (χ3n) is 3.50. The summed E-state index contributed by atoms with van der Waals surface area (Å²) in [7, 11) is 0. The van der Waals surface area contributed by atoms with Crippen molar-refractivity contribution in [1.29, 1.82) is 0 Å². The Morgan fingerprint density at radius 1 is 1.35 bits per heavy atom. The van der Waals surface area contributed by atoms with Crippen molar-refractivity contribution in [2.45, 2.75) is 51.6 Å². The van der Waals surface area contributed by atoms with Gasteiger partial charge in [-0.15, -0.1) is 0 Å². The minimum atomic E-state index is -0.222. The summed E-state index contributed by atoms with van der Waals surface area (Å²) < 4.78 is 12.9. The van der Waals surface area contributed by atoms with Crippen LogP contribution in [0, 0.1) is 5.82 Å². The Kier molecular flexibility index (Phi) is 4.31. The molecule has 0 aromatic heterocycles. The first kappa shape index (κ1) is 14.8. The Hall–Kier alpha value is -1.58. The topological polar surface area (TPSA) is 32.3 Å². The third kappa shape index (κ3) is 3.95. The molecule has 4 heteroatoms. The molecule has 0 bridgehead atoms. The first-order valence-electron chi connectivity index (χ1n) is 7.18. The number of benzene rings is 1. The molecule has 3 nitrogen and oxygen atoms in total. The highest BCUT2D eigenvalue weighted by molar-refractivity contribution is 5.75. The van der Waals surface area contributed by atoms with Crippen LogP contribution in [0.3, 0.4) is 0 Å². The first-order chi connectivity index (χ1) is 9.35. The van der Waals surface area contributed by atoms with Crippen LogP contribution < -0.4 is 5.32 Å². The van der Waals surface area contributed by atoms with Crippen LogP contribution in [0.15, 0.2) is 24.3 Å². The van der Waals surface area contributed by atoms with Crippen molar-refractivity contribution in [2.24, 2.45) is 0 Å². The number of likely N-dealkylation sites (tertiary alicyclic amines) is 1. The van der Waals surface area contributed by atoms with Crippen LogP contribution in [0.4, 0.5) is 9.18 Å². The minimum absolute atomic E-state index is 0.00196. The van der Waals surface area contributed by atoms with E-state index in [1.807, 2.05) is 25.7 Å². The molecule has 1 aliphatic heterocycles. The number of nitrogens with zero attached hydrogens (tertiary/aromatic N) is 1. The molecule has 0 aliphatic carbocycles. The predicted octanol–water partition coefficient (Wildman–Crippen LogP) is 3.34. The lowest BCUT2D eigenvalue weighted by Crippen LogP contribution is -2.50. The second-order valence-corrected chi connectivity index (χ2v) is 6.50. The van der Waals surface area contributed by atoms with Gasteiger partial charge in [0.25, 0.3) is 0 Å². The number of urea groups is 1. The molecule has 1 fully saturated rings. The second-order valence-electron chi connectivity index (χ2n) is 6.50. The summed E-state index contributed by atoms with van der Waals surface area (Å²) >= 11 is 0. The molecule has 2 rings (SSSR count). The standard InChI is InChI=1S/C16H23FN2O/c1-16(2,3)18-15(20)19-10-4-5-14(19)11-12-6-8-13(17)9-7-12/h6-9,14H,4-5,10-11H2,1-3H3,(H,18,20). The number of carbonyl (C=O) groups excluding carboxylic acids is 1. The van der Waals surface area contributed by atoms with Crippen LogP contribution in [0.25, 0.3) is 0 Å². The molecule has 1 heterocycles. The van der Waals surface area contributed by atoms with Crippen LogP contribution in [0.2, 0.25) is 0 Å². The third-order valence-corrected chi connectivity index (χ3v) is 3.50. The summed E-state index contributed by atoms with van der Waals surface area (Å²) in [5, 5.41) is 3.01. The Labute approximate surface area is 120 Å². The lowest BCUT2D eigenvalue weighted by Gasteiger charge is -2.29. The van der Waals surface area contributed by atoms with Gasteiger partial charge < -0.3 is 10.2 Å². The zero-order chi connectivity index (χ0) is 14.8. The van der Waals surface area contributed by atoms with Crippen LogP contribution in [-0.2, 0) is 6.42 Å². The lowest BCUT2D eigenvalue weighted by atomic mass is 10.0. The van der Waals surface area contributed by atoms with Gasteiger partial charge >= 0.3 is 6.03 Å². The predicted molar refractivity (Wildman–Crippen MR) is 78.1 cm³/mol. The highest BCUT2D eigenvalue weighted by Crippen LogP contribution is 2.22. The molecule has 2 amide bonds. The van der Waals surface area contributed by atoms with Gasteiger partial charge in [0.1, 0.15) is 5.82 Å². The SMILES string of the molecule is CC(C)(C)NC(=O)N1CCCC1Cc1ccc(F)cc1. The summed E-state index contributed by atoms with van der Waals surface area (Å²) in [5.41, 5.74) is 0.854. The van der Waals surface area contributed by atoms with Gasteiger partial charge in [-0.2, -0.15) is 0 Å². The van der Waals surface area contributed by atoms with Crippen LogP contribution in [0.5, 0.6) is 0 Å². The summed E-state index contributed by atoms with van der Waals surface area (Å²) in [6, 6.07) is 6.76. The molecule has 0 radical (unpaired) electrons. The van der Waals surface area contributed by atoms with E-state index in [0.29, 0.717) is 0 Å². The fraction of sp³-hybridized carbons (Fsp3) is 0.562. The zero-order valence-electron chi connectivity index (χ0n) is 12.4. The van der Waals surface area contributed by atoms with Gasteiger partial charge in [-0.05, 0) is 57.7 Å². The highest BCUT2D eigenvalue weighted by atomic mass is 19.1. The molecule has 0 saturated carbocycles. The molecule has 1 aromatic carbocycles. The number of rotatable bonds is 2. The van der Waals surface area contributed by atoms with E-state index in [1.54, 1.807) is 12.1 Å². The maximum absolute atomic E-state index is 12.9. The van der Waals surface area contributed by atoms with Crippen LogP contribution in [0.1, 0.15) is 39.2 Å². The molecule has 1 aliphatic rings. The summed E-state index contributed by atoms with van der Waals surface area (Å²) in [4.78, 5) is 14.2. The average molecular weight is 278 g/mol. The van der Waals surface area contributed by atoms with E-state index in [1.165, 1.54) is 12.1 Å². The fourth-order valence-corrected chi connectivity index (χ4v) is 2.60. The smallest absolute Gasteiger partial charge is 0.318 e. The Morgan fingerprint density at radius 2 is 2.00 bits per heavy atom. The number of halogens is 1. The average Bonchev–Trinajstić information content (AvgIpc) is 2.78. The first-order valence-corrected chi connectivity index (χ1v) is 7.18. The maximum Gasteiger partial charge on any atom is 0.318 e. The fourth-order valence-electron chi connectivity index (χ4n) is 2.60. The zero-order valence-corrected chi connectivity index (χ0v) is 12.4. The van der Waals surface area contributed by atoms with Crippen molar-refractivity contribution in [3.05, 3.63) is 35.6 Å². The van der Waals surface area contributed by atoms with Crippen LogP contribution >= 0.6 is 0 Å². The summed E-state index contributed by atoms with van der Waals surface area (Å²) in [6.07, 6.45) is 2.83. The van der Waals surface area contributed by atoms with Gasteiger partial charge in [0, 0.05) is 18.1 Å². The van der Waals surface area contributed by atoms with Gasteiger partial charge in [0.2, 0.25) is 0 Å². The maximum atomic E-state index is 12.9. The highest BCUT2D eigenvalue weighted by Gasteiger charge is 2.30. The van der Waals surface area contributed by atoms with Gasteiger partial charge in [-0.3, -0.25) is 0 Å². The number of hydrogen-bond donors (Lipinski definition) is 1. The van der Waals surface area contributed by atoms with E-state index in [0.717, 1.165) is 31.4 Å². The Morgan fingerprint density at radius 3 is 2.60 bits per heavy atom. The number of amides is 2. The lowest BCUT2D eigenvalue weighted by molar-refractivity contribution is 0.183. The Bertz CT molecular complexity index is 464. The molecule has 1 saturated heterocycles. The van der Waals surface area contributed by atoms with Crippen molar-refractivity contribution in [1.82, 2.24) is 10.2 Å². The molecule has 110 valence electrons. The van der Waals surface area contributed by atoms with Crippen molar-refractivity contribution in [3.63, 3.8) is 0 Å². The second kappa shape index (κ2) is 5.81. The molecule has 1 N–H and O–H groups in total. The van der Waals surface area contributed by atoms with Crippen molar-refractivity contribution in [3.8, 4) is 0 Å². The quantitative estimate of drug-likeness (QED) is 0.884. The van der Waals surface area contributed by atoms with Crippen molar-refractivity contribution < 1.29 is 9.18 Å². The molecule has 20 heavy (non-hydrogen) atoms. The summed E-state index contributed by atoms with van der Waals surface area (Å²) in [5.74, 6) is -0.220. The Balaban J connectivity index is 2.00. The van der Waals surface area contributed by atoms with E-state index in [9.17, 15) is 9.18 Å². The van der Waals surface area contributed by atoms with Gasteiger partial charge in [-0.1, -0.05) is 12.1 Å². The number of hydrogen-bond acceptors (Lipinski definition) is 1. The van der Waals surface area contributed by atoms with E-state index in [4.69, 9.17) is 0 Å². The van der Waals surface area contributed by atoms with Gasteiger partial charge in [0.05, 0.1) is 0 Å². The van der Waals surface area contributed by atoms with E-state index >= 15 is 0 Å². The molecule has 1 unspecified atom stereocenters. The van der Waals surface area contributed by atoms with Gasteiger partial charge in [0.15, 0.2) is 0 Å². The number of nitrogens with one attached hydrogen (secondary N) is 1. The molecular formula is C16H23FN2O. The minimum Gasteiger partial charge on any atom is -0.333 e. The van der Waals surface area contributed by atoms with Crippen LogP contribution in [-0.4, -0.2) is 29.1 Å².